The van der Waals surface area contributed by atoms with Crippen LogP contribution in [0.25, 0.3) is 10.9 Å². The molecule has 0 bridgehead atoms. The summed E-state index contributed by atoms with van der Waals surface area (Å²) in [5, 5.41) is 1.11. The van der Waals surface area contributed by atoms with Gasteiger partial charge in [-0.05, 0) is 43.7 Å². The number of hydrogen-bond donors (Lipinski definition) is 0. The smallest absolute Gasteiger partial charge is 0.253 e. The number of carbonyl (C=O) groups excluding carboxylic acids is 1. The lowest BCUT2D eigenvalue weighted by Gasteiger charge is -2.35. The predicted molar refractivity (Wildman–Crippen MR) is 112 cm³/mol. The van der Waals surface area contributed by atoms with E-state index in [4.69, 9.17) is 9.72 Å². The third-order valence-corrected chi connectivity index (χ3v) is 5.41. The molecule has 0 aliphatic carbocycles. The lowest BCUT2D eigenvalue weighted by molar-refractivity contribution is 0.0746. The first-order valence-electron chi connectivity index (χ1n) is 9.62. The van der Waals surface area contributed by atoms with E-state index in [9.17, 15) is 4.79 Å². The maximum absolute atomic E-state index is 12.7. The number of nitrogens with zero attached hydrogens (tertiary/aromatic N) is 3. The van der Waals surface area contributed by atoms with Gasteiger partial charge in [0, 0.05) is 37.1 Å². The largest absolute Gasteiger partial charge is 0.494 e. The van der Waals surface area contributed by atoms with Crippen LogP contribution in [0.5, 0.6) is 5.75 Å². The number of amides is 1. The van der Waals surface area contributed by atoms with Crippen molar-refractivity contribution in [3.8, 4) is 5.75 Å². The van der Waals surface area contributed by atoms with Crippen LogP contribution in [-0.4, -0.2) is 49.1 Å². The molecule has 1 aliphatic rings. The molecule has 4 rings (SSSR count). The first kappa shape index (κ1) is 18.3. The van der Waals surface area contributed by atoms with Crippen molar-refractivity contribution in [2.75, 3.05) is 38.2 Å². The van der Waals surface area contributed by atoms with Crippen LogP contribution >= 0.6 is 0 Å². The second kappa shape index (κ2) is 7.50. The molecule has 1 aromatic heterocycles. The molecular formula is C23H25N3O2. The number of rotatable bonds is 3. The van der Waals surface area contributed by atoms with E-state index in [-0.39, 0.29) is 5.91 Å². The normalized spacial score (nSPS) is 14.4. The molecule has 2 aromatic carbocycles. The number of carbonyl (C=O) groups is 1. The van der Waals surface area contributed by atoms with Gasteiger partial charge < -0.3 is 14.5 Å². The zero-order valence-electron chi connectivity index (χ0n) is 16.6. The number of methoxy groups -OCH3 is 1. The van der Waals surface area contributed by atoms with Gasteiger partial charge in [0.05, 0.1) is 7.11 Å². The molecule has 1 fully saturated rings. The summed E-state index contributed by atoms with van der Waals surface area (Å²) < 4.78 is 5.50. The Kier molecular flexibility index (Phi) is 4.90. The number of para-hydroxylation sites is 1. The van der Waals surface area contributed by atoms with Crippen molar-refractivity contribution in [3.63, 3.8) is 0 Å². The van der Waals surface area contributed by atoms with E-state index in [0.29, 0.717) is 13.1 Å². The Morgan fingerprint density at radius 1 is 1.00 bits per heavy atom. The van der Waals surface area contributed by atoms with Crippen molar-refractivity contribution < 1.29 is 9.53 Å². The molecule has 0 atom stereocenters. The standard InChI is InChI=1S/C23H25N3O2/c1-16-7-9-18(10-8-16)23(27)26-13-11-25(12-14-26)21-15-17(2)19-5-4-6-20(28-3)22(19)24-21/h4-10,15H,11-14H2,1-3H3. The summed E-state index contributed by atoms with van der Waals surface area (Å²) in [7, 11) is 1.67. The highest BCUT2D eigenvalue weighted by molar-refractivity contribution is 5.94. The maximum atomic E-state index is 12.7. The fourth-order valence-corrected chi connectivity index (χ4v) is 3.72. The minimum Gasteiger partial charge on any atom is -0.494 e. The molecular weight excluding hydrogens is 350 g/mol. The van der Waals surface area contributed by atoms with E-state index in [2.05, 4.69) is 24.0 Å². The van der Waals surface area contributed by atoms with Crippen molar-refractivity contribution in [3.05, 3.63) is 65.2 Å². The van der Waals surface area contributed by atoms with Crippen LogP contribution in [0.1, 0.15) is 21.5 Å². The van der Waals surface area contributed by atoms with Crippen LogP contribution in [0.2, 0.25) is 0 Å². The Bertz CT molecular complexity index is 1010. The van der Waals surface area contributed by atoms with Gasteiger partial charge in [0.2, 0.25) is 0 Å². The molecule has 0 N–H and O–H groups in total. The molecule has 0 spiro atoms. The van der Waals surface area contributed by atoms with Crippen molar-refractivity contribution in [1.82, 2.24) is 9.88 Å². The van der Waals surface area contributed by atoms with Crippen LogP contribution in [0, 0.1) is 13.8 Å². The molecule has 0 unspecified atom stereocenters. The molecule has 0 saturated carbocycles. The van der Waals surface area contributed by atoms with Crippen molar-refractivity contribution in [2.24, 2.45) is 0 Å². The number of aromatic nitrogens is 1. The third-order valence-electron chi connectivity index (χ3n) is 5.41. The monoisotopic (exact) mass is 375 g/mol. The van der Waals surface area contributed by atoms with E-state index in [1.54, 1.807) is 7.11 Å². The van der Waals surface area contributed by atoms with E-state index in [1.807, 2.05) is 48.2 Å². The Hall–Kier alpha value is -3.08. The summed E-state index contributed by atoms with van der Waals surface area (Å²) in [6, 6.07) is 15.9. The van der Waals surface area contributed by atoms with Gasteiger partial charge in [0.25, 0.3) is 5.91 Å². The Balaban J connectivity index is 1.52. The predicted octanol–water partition coefficient (Wildman–Crippen LogP) is 3.82. The molecule has 1 aliphatic heterocycles. The number of hydrogen-bond acceptors (Lipinski definition) is 4. The minimum atomic E-state index is 0.101. The van der Waals surface area contributed by atoms with Crippen LogP contribution in [0.4, 0.5) is 5.82 Å². The van der Waals surface area contributed by atoms with Gasteiger partial charge in [0.15, 0.2) is 0 Å². The first-order chi connectivity index (χ1) is 13.6. The molecule has 5 heteroatoms. The van der Waals surface area contributed by atoms with Gasteiger partial charge in [-0.15, -0.1) is 0 Å². The number of pyridine rings is 1. The fourth-order valence-electron chi connectivity index (χ4n) is 3.72. The quantitative estimate of drug-likeness (QED) is 0.698. The van der Waals surface area contributed by atoms with Crippen molar-refractivity contribution in [1.29, 1.82) is 0 Å². The van der Waals surface area contributed by atoms with Gasteiger partial charge in [-0.25, -0.2) is 4.98 Å². The Labute approximate surface area is 165 Å². The molecule has 2 heterocycles. The number of aryl methyl sites for hydroxylation is 2. The average molecular weight is 375 g/mol. The van der Waals surface area contributed by atoms with Crippen LogP contribution in [0.3, 0.4) is 0 Å². The average Bonchev–Trinajstić information content (AvgIpc) is 2.73. The third kappa shape index (κ3) is 3.40. The fraction of sp³-hybridized carbons (Fsp3) is 0.304. The van der Waals surface area contributed by atoms with Gasteiger partial charge >= 0.3 is 0 Å². The second-order valence-electron chi connectivity index (χ2n) is 7.30. The van der Waals surface area contributed by atoms with E-state index < -0.39 is 0 Å². The Morgan fingerprint density at radius 2 is 1.71 bits per heavy atom. The number of piperazine rings is 1. The van der Waals surface area contributed by atoms with E-state index in [1.165, 1.54) is 5.56 Å². The zero-order valence-corrected chi connectivity index (χ0v) is 16.6. The lowest BCUT2D eigenvalue weighted by Crippen LogP contribution is -2.49. The summed E-state index contributed by atoms with van der Waals surface area (Å²) in [6.07, 6.45) is 0. The summed E-state index contributed by atoms with van der Waals surface area (Å²) in [5.41, 5.74) is 3.98. The van der Waals surface area contributed by atoms with Gasteiger partial charge in [-0.2, -0.15) is 0 Å². The van der Waals surface area contributed by atoms with Gasteiger partial charge in [-0.3, -0.25) is 4.79 Å². The summed E-state index contributed by atoms with van der Waals surface area (Å²) >= 11 is 0. The molecule has 1 amide bonds. The molecule has 1 saturated heterocycles. The highest BCUT2D eigenvalue weighted by Crippen LogP contribution is 2.29. The summed E-state index contributed by atoms with van der Waals surface area (Å²) in [5.74, 6) is 1.83. The van der Waals surface area contributed by atoms with Gasteiger partial charge in [-0.1, -0.05) is 29.8 Å². The number of fused-ring (bicyclic) bond motifs is 1. The van der Waals surface area contributed by atoms with Crippen LogP contribution < -0.4 is 9.64 Å². The molecule has 144 valence electrons. The molecule has 28 heavy (non-hydrogen) atoms. The topological polar surface area (TPSA) is 45.7 Å². The Morgan fingerprint density at radius 3 is 2.39 bits per heavy atom. The van der Waals surface area contributed by atoms with Crippen LogP contribution in [-0.2, 0) is 0 Å². The molecule has 3 aromatic rings. The number of anilines is 1. The highest BCUT2D eigenvalue weighted by Gasteiger charge is 2.23. The zero-order chi connectivity index (χ0) is 19.7. The van der Waals surface area contributed by atoms with E-state index >= 15 is 0 Å². The summed E-state index contributed by atoms with van der Waals surface area (Å²) in [6.45, 7) is 7.05. The van der Waals surface area contributed by atoms with Gasteiger partial charge in [0.1, 0.15) is 17.1 Å². The molecule has 5 nitrogen and oxygen atoms in total. The number of benzene rings is 2. The van der Waals surface area contributed by atoms with Crippen molar-refractivity contribution in [2.45, 2.75) is 13.8 Å². The molecule has 0 radical (unpaired) electrons. The SMILES string of the molecule is COc1cccc2c(C)cc(N3CCN(C(=O)c4ccc(C)cc4)CC3)nc12. The maximum Gasteiger partial charge on any atom is 0.253 e. The highest BCUT2D eigenvalue weighted by atomic mass is 16.5. The lowest BCUT2D eigenvalue weighted by atomic mass is 10.1. The first-order valence-corrected chi connectivity index (χ1v) is 9.62. The second-order valence-corrected chi connectivity index (χ2v) is 7.30. The summed E-state index contributed by atoms with van der Waals surface area (Å²) in [4.78, 5) is 21.8. The van der Waals surface area contributed by atoms with Crippen LogP contribution in [0.15, 0.2) is 48.5 Å². The van der Waals surface area contributed by atoms with Crippen molar-refractivity contribution >= 4 is 22.6 Å². The van der Waals surface area contributed by atoms with E-state index in [0.717, 1.165) is 46.7 Å². The number of ether oxygens (including phenoxy) is 1. The minimum absolute atomic E-state index is 0.101.